The van der Waals surface area contributed by atoms with Crippen LogP contribution in [-0.4, -0.2) is 5.08 Å². The standard InChI is InChI=1S/C5H6S2/c1-5-2-3-6-4-7-5/h2-3H,1,4H2. The van der Waals surface area contributed by atoms with E-state index in [1.54, 1.807) is 11.8 Å². The Morgan fingerprint density at radius 2 is 2.57 bits per heavy atom. The quantitative estimate of drug-likeness (QED) is 0.494. The molecule has 0 aliphatic carbocycles. The first kappa shape index (κ1) is 5.32. The number of hydrogen-bond donors (Lipinski definition) is 0. The van der Waals surface area contributed by atoms with Gasteiger partial charge in [-0.2, -0.15) is 0 Å². The molecule has 0 bridgehead atoms. The van der Waals surface area contributed by atoms with Gasteiger partial charge in [0.2, 0.25) is 0 Å². The lowest BCUT2D eigenvalue weighted by Crippen LogP contribution is -1.73. The molecule has 0 saturated heterocycles. The van der Waals surface area contributed by atoms with Crippen molar-refractivity contribution >= 4 is 23.5 Å². The number of allylic oxidation sites excluding steroid dienone is 1. The van der Waals surface area contributed by atoms with Gasteiger partial charge >= 0.3 is 0 Å². The zero-order chi connectivity index (χ0) is 5.11. The topological polar surface area (TPSA) is 0 Å². The Balaban J connectivity index is 2.51. The molecule has 0 aromatic rings. The number of hydrogen-bond acceptors (Lipinski definition) is 2. The summed E-state index contributed by atoms with van der Waals surface area (Å²) in [4.78, 5) is 1.18. The van der Waals surface area contributed by atoms with E-state index in [1.807, 2.05) is 17.8 Å². The van der Waals surface area contributed by atoms with E-state index in [0.29, 0.717) is 0 Å². The summed E-state index contributed by atoms with van der Waals surface area (Å²) in [6.45, 7) is 3.78. The summed E-state index contributed by atoms with van der Waals surface area (Å²) in [5, 5.41) is 3.22. The lowest BCUT2D eigenvalue weighted by atomic mass is 10.6. The summed E-state index contributed by atoms with van der Waals surface area (Å²) in [5.41, 5.74) is 0. The zero-order valence-electron chi connectivity index (χ0n) is 3.89. The van der Waals surface area contributed by atoms with Crippen LogP contribution in [0.4, 0.5) is 0 Å². The molecular formula is C5H6S2. The van der Waals surface area contributed by atoms with Gasteiger partial charge in [0, 0.05) is 9.99 Å². The fourth-order valence-corrected chi connectivity index (χ4v) is 2.02. The first-order chi connectivity index (χ1) is 3.39. The van der Waals surface area contributed by atoms with E-state index < -0.39 is 0 Å². The van der Waals surface area contributed by atoms with Crippen molar-refractivity contribution in [1.29, 1.82) is 0 Å². The molecule has 0 spiro atoms. The fraction of sp³-hybridized carbons (Fsp3) is 0.200. The normalized spacial score (nSPS) is 20.3. The van der Waals surface area contributed by atoms with Gasteiger partial charge in [-0.3, -0.25) is 0 Å². The summed E-state index contributed by atoms with van der Waals surface area (Å²) in [6, 6.07) is 0. The third-order valence-electron chi connectivity index (χ3n) is 0.663. The summed E-state index contributed by atoms with van der Waals surface area (Å²) < 4.78 is 0. The molecule has 0 N–H and O–H groups in total. The maximum Gasteiger partial charge on any atom is 0.0480 e. The van der Waals surface area contributed by atoms with Gasteiger partial charge in [-0.15, -0.1) is 23.5 Å². The van der Waals surface area contributed by atoms with Gasteiger partial charge in [0.05, 0.1) is 0 Å². The van der Waals surface area contributed by atoms with Gasteiger partial charge in [-0.1, -0.05) is 6.58 Å². The maximum atomic E-state index is 3.78. The van der Waals surface area contributed by atoms with Crippen LogP contribution in [0, 0.1) is 0 Å². The lowest BCUT2D eigenvalue weighted by Gasteiger charge is -2.01. The Kier molecular flexibility index (Phi) is 1.88. The van der Waals surface area contributed by atoms with E-state index in [0.717, 1.165) is 5.08 Å². The predicted octanol–water partition coefficient (Wildman–Crippen LogP) is 2.45. The van der Waals surface area contributed by atoms with Gasteiger partial charge in [0.25, 0.3) is 0 Å². The fourth-order valence-electron chi connectivity index (χ4n) is 0.321. The van der Waals surface area contributed by atoms with Gasteiger partial charge < -0.3 is 0 Å². The molecule has 0 aromatic heterocycles. The highest BCUT2D eigenvalue weighted by molar-refractivity contribution is 8.19. The van der Waals surface area contributed by atoms with Crippen LogP contribution in [0.25, 0.3) is 0 Å². The summed E-state index contributed by atoms with van der Waals surface area (Å²) in [6.07, 6.45) is 2.04. The molecule has 0 fully saturated rings. The smallest absolute Gasteiger partial charge is 0.0480 e. The van der Waals surface area contributed by atoms with Gasteiger partial charge in [0.15, 0.2) is 0 Å². The Morgan fingerprint density at radius 3 is 2.86 bits per heavy atom. The molecule has 0 aromatic carbocycles. The van der Waals surface area contributed by atoms with Crippen molar-refractivity contribution < 1.29 is 0 Å². The van der Waals surface area contributed by atoms with Crippen LogP contribution in [0.5, 0.6) is 0 Å². The Bertz CT molecular complexity index is 105. The number of thioether (sulfide) groups is 2. The molecule has 1 aliphatic heterocycles. The van der Waals surface area contributed by atoms with Crippen molar-refractivity contribution in [2.24, 2.45) is 0 Å². The molecule has 0 atom stereocenters. The largest absolute Gasteiger partial charge is 0.123 e. The van der Waals surface area contributed by atoms with Crippen LogP contribution in [0.3, 0.4) is 0 Å². The predicted molar refractivity (Wildman–Crippen MR) is 38.3 cm³/mol. The molecule has 0 unspecified atom stereocenters. The number of rotatable bonds is 0. The van der Waals surface area contributed by atoms with Crippen molar-refractivity contribution in [2.45, 2.75) is 0 Å². The molecule has 1 heterocycles. The monoisotopic (exact) mass is 130 g/mol. The molecule has 0 saturated carbocycles. The molecule has 1 rings (SSSR count). The van der Waals surface area contributed by atoms with Crippen molar-refractivity contribution in [2.75, 3.05) is 5.08 Å². The van der Waals surface area contributed by atoms with E-state index >= 15 is 0 Å². The van der Waals surface area contributed by atoms with Crippen LogP contribution < -0.4 is 0 Å². The summed E-state index contributed by atoms with van der Waals surface area (Å²) in [5.74, 6) is 0. The third kappa shape index (κ3) is 1.61. The highest BCUT2D eigenvalue weighted by Gasteiger charge is 1.93. The van der Waals surface area contributed by atoms with Crippen LogP contribution in [-0.2, 0) is 0 Å². The average molecular weight is 130 g/mol. The van der Waals surface area contributed by atoms with Crippen LogP contribution >= 0.6 is 23.5 Å². The minimum absolute atomic E-state index is 1.13. The van der Waals surface area contributed by atoms with E-state index in [9.17, 15) is 0 Å². The van der Waals surface area contributed by atoms with Gasteiger partial charge in [0.1, 0.15) is 0 Å². The third-order valence-corrected chi connectivity index (χ3v) is 2.51. The van der Waals surface area contributed by atoms with Crippen LogP contribution in [0.2, 0.25) is 0 Å². The molecule has 0 radical (unpaired) electrons. The lowest BCUT2D eigenvalue weighted by molar-refractivity contribution is 1.98. The molecule has 0 amide bonds. The maximum absolute atomic E-state index is 3.78. The van der Waals surface area contributed by atoms with Crippen LogP contribution in [0.1, 0.15) is 0 Å². The van der Waals surface area contributed by atoms with E-state index in [-0.39, 0.29) is 0 Å². The van der Waals surface area contributed by atoms with Crippen molar-refractivity contribution in [1.82, 2.24) is 0 Å². The highest BCUT2D eigenvalue weighted by Crippen LogP contribution is 2.26. The molecule has 38 valence electrons. The van der Waals surface area contributed by atoms with Crippen molar-refractivity contribution in [3.05, 3.63) is 23.0 Å². The van der Waals surface area contributed by atoms with Crippen molar-refractivity contribution in [3.8, 4) is 0 Å². The van der Waals surface area contributed by atoms with Gasteiger partial charge in [-0.05, 0) is 11.5 Å². The first-order valence-corrected chi connectivity index (χ1v) is 4.03. The summed E-state index contributed by atoms with van der Waals surface area (Å²) in [7, 11) is 0. The molecule has 0 nitrogen and oxygen atoms in total. The zero-order valence-corrected chi connectivity index (χ0v) is 5.52. The first-order valence-electron chi connectivity index (χ1n) is 1.99. The SMILES string of the molecule is C=C1C=CSCS1. The molecular weight excluding hydrogens is 124 g/mol. The highest BCUT2D eigenvalue weighted by atomic mass is 32.2. The average Bonchev–Trinajstić information content (AvgIpc) is 1.69. The van der Waals surface area contributed by atoms with Crippen LogP contribution in [0.15, 0.2) is 23.0 Å². The Hall–Kier alpha value is 0.180. The minimum atomic E-state index is 1.13. The van der Waals surface area contributed by atoms with E-state index in [2.05, 4.69) is 12.0 Å². The second kappa shape index (κ2) is 2.48. The summed E-state index contributed by atoms with van der Waals surface area (Å²) >= 11 is 3.62. The second-order valence-corrected chi connectivity index (χ2v) is 3.56. The van der Waals surface area contributed by atoms with Crippen molar-refractivity contribution in [3.63, 3.8) is 0 Å². The van der Waals surface area contributed by atoms with E-state index in [4.69, 9.17) is 0 Å². The second-order valence-electron chi connectivity index (χ2n) is 1.20. The van der Waals surface area contributed by atoms with E-state index in [1.165, 1.54) is 4.91 Å². The molecule has 7 heavy (non-hydrogen) atoms. The Morgan fingerprint density at radius 1 is 1.71 bits per heavy atom. The molecule has 1 aliphatic rings. The Labute approximate surface area is 52.1 Å². The minimum Gasteiger partial charge on any atom is -0.123 e. The molecule has 2 heteroatoms. The van der Waals surface area contributed by atoms with Gasteiger partial charge in [-0.25, -0.2) is 0 Å².